The Balaban J connectivity index is 1.98. The average molecular weight is 311 g/mol. The number of hydrogen-bond donors (Lipinski definition) is 1. The predicted molar refractivity (Wildman–Crippen MR) is 73.4 cm³/mol. The molecule has 0 unspecified atom stereocenters. The summed E-state index contributed by atoms with van der Waals surface area (Å²) in [7, 11) is 1.74. The Morgan fingerprint density at radius 2 is 2.33 bits per heavy atom. The van der Waals surface area contributed by atoms with Crippen molar-refractivity contribution in [3.63, 3.8) is 0 Å². The lowest BCUT2D eigenvalue weighted by molar-refractivity contribution is -0.387. The third kappa shape index (κ3) is 3.75. The van der Waals surface area contributed by atoms with Crippen molar-refractivity contribution in [3.05, 3.63) is 40.5 Å². The number of carbonyl (C=O) groups excluding carboxylic acids is 1. The van der Waals surface area contributed by atoms with E-state index in [9.17, 15) is 19.3 Å². The molecule has 1 amide bonds. The van der Waals surface area contributed by atoms with Gasteiger partial charge in [0.2, 0.25) is 11.7 Å². The van der Waals surface area contributed by atoms with Gasteiger partial charge in [-0.2, -0.15) is 4.39 Å². The van der Waals surface area contributed by atoms with Crippen molar-refractivity contribution < 1.29 is 14.1 Å². The van der Waals surface area contributed by atoms with Crippen LogP contribution in [0.5, 0.6) is 0 Å². The van der Waals surface area contributed by atoms with Crippen LogP contribution in [0, 0.1) is 15.9 Å². The van der Waals surface area contributed by atoms with Crippen LogP contribution in [-0.4, -0.2) is 31.3 Å². The van der Waals surface area contributed by atoms with Gasteiger partial charge in [-0.05, 0) is 12.1 Å². The molecule has 0 bridgehead atoms. The number of hydrogen-bond acceptors (Lipinski definition) is 6. The molecule has 0 saturated carbocycles. The summed E-state index contributed by atoms with van der Waals surface area (Å²) in [5.74, 6) is -1.28. The first-order valence-electron chi connectivity index (χ1n) is 5.68. The topological polar surface area (TPSA) is 103 Å². The molecule has 110 valence electrons. The number of amides is 1. The molecule has 0 aliphatic heterocycles. The van der Waals surface area contributed by atoms with E-state index >= 15 is 0 Å². The van der Waals surface area contributed by atoms with Crippen LogP contribution in [0.15, 0.2) is 29.7 Å². The van der Waals surface area contributed by atoms with Crippen LogP contribution < -0.4 is 5.32 Å². The van der Waals surface area contributed by atoms with E-state index in [0.29, 0.717) is 5.16 Å². The summed E-state index contributed by atoms with van der Waals surface area (Å²) in [6.07, 6.45) is 1.50. The molecule has 21 heavy (non-hydrogen) atoms. The quantitative estimate of drug-likeness (QED) is 0.511. The molecular weight excluding hydrogens is 301 g/mol. The number of nitrogens with zero attached hydrogens (tertiary/aromatic N) is 4. The van der Waals surface area contributed by atoms with Gasteiger partial charge in [0, 0.05) is 18.8 Å². The van der Waals surface area contributed by atoms with Gasteiger partial charge >= 0.3 is 5.69 Å². The average Bonchev–Trinajstić information content (AvgIpc) is 2.84. The summed E-state index contributed by atoms with van der Waals surface area (Å²) in [4.78, 5) is 21.5. The van der Waals surface area contributed by atoms with Crippen LogP contribution in [0.3, 0.4) is 0 Å². The monoisotopic (exact) mass is 311 g/mol. The zero-order valence-electron chi connectivity index (χ0n) is 10.8. The normalized spacial score (nSPS) is 10.4. The van der Waals surface area contributed by atoms with Gasteiger partial charge in [0.15, 0.2) is 5.16 Å². The van der Waals surface area contributed by atoms with E-state index in [2.05, 4.69) is 15.5 Å². The Morgan fingerprint density at radius 3 is 2.95 bits per heavy atom. The van der Waals surface area contributed by atoms with Crippen LogP contribution in [0.2, 0.25) is 0 Å². The summed E-state index contributed by atoms with van der Waals surface area (Å²) >= 11 is 1.16. The molecule has 0 aliphatic rings. The number of rotatable bonds is 5. The fraction of sp³-hybridized carbons (Fsp3) is 0.182. The minimum absolute atomic E-state index is 0.0533. The highest BCUT2D eigenvalue weighted by Gasteiger charge is 2.15. The number of nitrogens with one attached hydrogen (secondary N) is 1. The highest BCUT2D eigenvalue weighted by Crippen LogP contribution is 2.22. The molecule has 1 aromatic heterocycles. The van der Waals surface area contributed by atoms with E-state index in [0.717, 1.165) is 23.9 Å². The highest BCUT2D eigenvalue weighted by atomic mass is 32.2. The van der Waals surface area contributed by atoms with E-state index in [1.807, 2.05) is 0 Å². The van der Waals surface area contributed by atoms with Crippen LogP contribution in [0.4, 0.5) is 15.8 Å². The Bertz CT molecular complexity index is 690. The number of nitro benzene ring substituents is 1. The minimum Gasteiger partial charge on any atom is -0.325 e. The smallest absolute Gasteiger partial charge is 0.306 e. The number of aromatic nitrogens is 3. The van der Waals surface area contributed by atoms with Crippen LogP contribution >= 0.6 is 11.8 Å². The third-order valence-corrected chi connectivity index (χ3v) is 3.46. The van der Waals surface area contributed by atoms with E-state index in [4.69, 9.17) is 0 Å². The number of benzene rings is 1. The summed E-state index contributed by atoms with van der Waals surface area (Å²) in [6.45, 7) is 0. The molecule has 8 nitrogen and oxygen atoms in total. The zero-order valence-corrected chi connectivity index (χ0v) is 11.6. The Labute approximate surface area is 122 Å². The van der Waals surface area contributed by atoms with Gasteiger partial charge in [-0.1, -0.05) is 11.8 Å². The van der Waals surface area contributed by atoms with Crippen molar-refractivity contribution in [2.75, 3.05) is 11.1 Å². The number of nitro groups is 1. The molecule has 0 fully saturated rings. The van der Waals surface area contributed by atoms with Crippen molar-refractivity contribution in [2.45, 2.75) is 5.16 Å². The molecular formula is C11H10FN5O3S. The molecule has 1 aromatic carbocycles. The van der Waals surface area contributed by atoms with Gasteiger partial charge < -0.3 is 9.88 Å². The lowest BCUT2D eigenvalue weighted by Crippen LogP contribution is -2.14. The van der Waals surface area contributed by atoms with Crippen LogP contribution in [-0.2, 0) is 11.8 Å². The number of carbonyl (C=O) groups is 1. The highest BCUT2D eigenvalue weighted by molar-refractivity contribution is 7.99. The maximum atomic E-state index is 13.2. The predicted octanol–water partition coefficient (Wildman–Crippen LogP) is 1.59. The first-order chi connectivity index (χ1) is 9.97. The summed E-state index contributed by atoms with van der Waals surface area (Å²) in [5.41, 5.74) is -0.527. The third-order valence-electron chi connectivity index (χ3n) is 2.43. The molecule has 0 radical (unpaired) electrons. The first kappa shape index (κ1) is 14.9. The molecule has 0 saturated heterocycles. The SMILES string of the molecule is Cn1cnnc1SCC(=O)Nc1ccc(F)c([N+](=O)[O-])c1. The number of halogens is 1. The van der Waals surface area contributed by atoms with Crippen molar-refractivity contribution in [2.24, 2.45) is 7.05 Å². The number of thioether (sulfide) groups is 1. The second-order valence-electron chi connectivity index (χ2n) is 3.98. The van der Waals surface area contributed by atoms with Gasteiger partial charge in [0.1, 0.15) is 6.33 Å². The second kappa shape index (κ2) is 6.31. The fourth-order valence-corrected chi connectivity index (χ4v) is 2.15. The Hall–Kier alpha value is -2.49. The Morgan fingerprint density at radius 1 is 1.57 bits per heavy atom. The molecule has 1 N–H and O–H groups in total. The number of anilines is 1. The maximum Gasteiger partial charge on any atom is 0.306 e. The maximum absolute atomic E-state index is 13.2. The first-order valence-corrected chi connectivity index (χ1v) is 6.66. The second-order valence-corrected chi connectivity index (χ2v) is 4.93. The van der Waals surface area contributed by atoms with Crippen LogP contribution in [0.1, 0.15) is 0 Å². The van der Waals surface area contributed by atoms with Crippen molar-refractivity contribution in [1.82, 2.24) is 14.8 Å². The lowest BCUT2D eigenvalue weighted by Gasteiger charge is -2.05. The molecule has 2 aromatic rings. The zero-order chi connectivity index (χ0) is 15.4. The van der Waals surface area contributed by atoms with E-state index in [1.54, 1.807) is 11.6 Å². The molecule has 0 atom stereocenters. The van der Waals surface area contributed by atoms with Crippen LogP contribution in [0.25, 0.3) is 0 Å². The fourth-order valence-electron chi connectivity index (χ4n) is 1.46. The van der Waals surface area contributed by atoms with Gasteiger partial charge in [-0.25, -0.2) is 0 Å². The van der Waals surface area contributed by atoms with Gasteiger partial charge in [-0.3, -0.25) is 14.9 Å². The number of aryl methyl sites for hydroxylation is 1. The minimum atomic E-state index is -0.952. The molecule has 0 aliphatic carbocycles. The lowest BCUT2D eigenvalue weighted by atomic mass is 10.2. The Kier molecular flexibility index (Phi) is 4.48. The summed E-state index contributed by atoms with van der Waals surface area (Å²) in [5, 5.41) is 21.1. The van der Waals surface area contributed by atoms with Crippen molar-refractivity contribution in [3.8, 4) is 0 Å². The molecule has 0 spiro atoms. The standard InChI is InChI=1S/C11H10FN5O3S/c1-16-6-13-15-11(16)21-5-10(18)14-7-2-3-8(12)9(4-7)17(19)20/h2-4,6H,5H2,1H3,(H,14,18). The molecule has 1 heterocycles. The van der Waals surface area contributed by atoms with E-state index in [1.165, 1.54) is 12.4 Å². The van der Waals surface area contributed by atoms with Gasteiger partial charge in [-0.15, -0.1) is 10.2 Å². The summed E-state index contributed by atoms with van der Waals surface area (Å²) < 4.78 is 14.8. The van der Waals surface area contributed by atoms with Crippen molar-refractivity contribution in [1.29, 1.82) is 0 Å². The molecule has 2 rings (SSSR count). The van der Waals surface area contributed by atoms with E-state index in [-0.39, 0.29) is 17.3 Å². The largest absolute Gasteiger partial charge is 0.325 e. The van der Waals surface area contributed by atoms with Crippen molar-refractivity contribution >= 4 is 29.0 Å². The molecule has 10 heteroatoms. The van der Waals surface area contributed by atoms with Gasteiger partial charge in [0.05, 0.1) is 10.7 Å². The van der Waals surface area contributed by atoms with Gasteiger partial charge in [0.25, 0.3) is 0 Å². The summed E-state index contributed by atoms with van der Waals surface area (Å²) in [6, 6.07) is 3.16. The van der Waals surface area contributed by atoms with E-state index < -0.39 is 16.4 Å².